The van der Waals surface area contributed by atoms with Gasteiger partial charge in [-0.25, -0.2) is 0 Å². The minimum absolute atomic E-state index is 0.151. The van der Waals surface area contributed by atoms with Gasteiger partial charge >= 0.3 is 0 Å². The molecular formula is C17H27N3O. The number of para-hydroxylation sites is 1. The summed E-state index contributed by atoms with van der Waals surface area (Å²) >= 11 is 0. The van der Waals surface area contributed by atoms with Crippen LogP contribution < -0.4 is 10.6 Å². The smallest absolute Gasteiger partial charge is 0.240 e. The van der Waals surface area contributed by atoms with Crippen LogP contribution in [0.3, 0.4) is 0 Å². The zero-order valence-corrected chi connectivity index (χ0v) is 13.2. The van der Waals surface area contributed by atoms with Gasteiger partial charge in [0.05, 0.1) is 6.54 Å². The molecule has 2 rings (SSSR count). The molecule has 1 fully saturated rings. The summed E-state index contributed by atoms with van der Waals surface area (Å²) in [7, 11) is 1.85. The molecule has 4 nitrogen and oxygen atoms in total. The Bertz CT molecular complexity index is 441. The van der Waals surface area contributed by atoms with Gasteiger partial charge in [0.1, 0.15) is 0 Å². The van der Waals surface area contributed by atoms with E-state index in [1.165, 1.54) is 0 Å². The lowest BCUT2D eigenvalue weighted by Gasteiger charge is -2.35. The molecule has 0 heterocycles. The topological polar surface area (TPSA) is 49.6 Å². The van der Waals surface area contributed by atoms with Crippen molar-refractivity contribution in [1.82, 2.24) is 4.90 Å². The Morgan fingerprint density at radius 3 is 2.38 bits per heavy atom. The quantitative estimate of drug-likeness (QED) is 0.904. The fraction of sp³-hybridized carbons (Fsp3) is 0.588. The maximum Gasteiger partial charge on any atom is 0.240 e. The number of nitrogens with zero attached hydrogens (tertiary/aromatic N) is 2. The number of anilines is 1. The highest BCUT2D eigenvalue weighted by Crippen LogP contribution is 2.22. The highest BCUT2D eigenvalue weighted by molar-refractivity contribution is 5.94. The van der Waals surface area contributed by atoms with Gasteiger partial charge in [0, 0.05) is 24.8 Å². The summed E-state index contributed by atoms with van der Waals surface area (Å²) in [5, 5.41) is 0. The van der Waals surface area contributed by atoms with Crippen molar-refractivity contribution in [2.45, 2.75) is 44.7 Å². The highest BCUT2D eigenvalue weighted by Gasteiger charge is 2.25. The third-order valence-electron chi connectivity index (χ3n) is 4.52. The predicted molar refractivity (Wildman–Crippen MR) is 87.3 cm³/mol. The molecule has 0 unspecified atom stereocenters. The van der Waals surface area contributed by atoms with Crippen molar-refractivity contribution in [3.63, 3.8) is 0 Å². The lowest BCUT2D eigenvalue weighted by atomic mass is 9.90. The van der Waals surface area contributed by atoms with Crippen molar-refractivity contribution in [2.75, 3.05) is 25.0 Å². The molecule has 1 aromatic carbocycles. The summed E-state index contributed by atoms with van der Waals surface area (Å²) in [5.41, 5.74) is 6.92. The first kappa shape index (κ1) is 16.0. The molecule has 1 aliphatic rings. The van der Waals surface area contributed by atoms with Crippen molar-refractivity contribution < 1.29 is 4.79 Å². The first-order valence-electron chi connectivity index (χ1n) is 7.93. The van der Waals surface area contributed by atoms with Gasteiger partial charge in [-0.3, -0.25) is 9.69 Å². The zero-order chi connectivity index (χ0) is 15.2. The van der Waals surface area contributed by atoms with Crippen molar-refractivity contribution >= 4 is 11.6 Å². The fourth-order valence-corrected chi connectivity index (χ4v) is 3.04. The standard InChI is InChI=1S/C17H27N3O/c1-3-20(16-11-9-14(18)10-12-16)13-17(21)19(2)15-7-5-4-6-8-15/h4-8,14,16H,3,9-13,18H2,1-2H3. The fourth-order valence-electron chi connectivity index (χ4n) is 3.04. The van der Waals surface area contributed by atoms with Crippen molar-refractivity contribution in [1.29, 1.82) is 0 Å². The Morgan fingerprint density at radius 1 is 1.19 bits per heavy atom. The number of hydrogen-bond acceptors (Lipinski definition) is 3. The molecule has 0 spiro atoms. The molecule has 116 valence electrons. The second kappa shape index (κ2) is 7.57. The molecule has 0 aromatic heterocycles. The summed E-state index contributed by atoms with van der Waals surface area (Å²) in [4.78, 5) is 16.5. The molecule has 1 aromatic rings. The lowest BCUT2D eigenvalue weighted by Crippen LogP contribution is -2.46. The Kier molecular flexibility index (Phi) is 5.76. The van der Waals surface area contributed by atoms with Gasteiger partial charge in [-0.2, -0.15) is 0 Å². The van der Waals surface area contributed by atoms with Crippen LogP contribution in [0.25, 0.3) is 0 Å². The third-order valence-corrected chi connectivity index (χ3v) is 4.52. The molecule has 0 saturated heterocycles. The van der Waals surface area contributed by atoms with Crippen LogP contribution >= 0.6 is 0 Å². The average Bonchev–Trinajstić information content (AvgIpc) is 2.53. The van der Waals surface area contributed by atoms with Crippen molar-refractivity contribution in [3.8, 4) is 0 Å². The second-order valence-electron chi connectivity index (χ2n) is 5.92. The largest absolute Gasteiger partial charge is 0.328 e. The Hall–Kier alpha value is -1.39. The van der Waals surface area contributed by atoms with Gasteiger partial charge < -0.3 is 10.6 Å². The van der Waals surface area contributed by atoms with E-state index in [1.807, 2.05) is 37.4 Å². The molecule has 2 N–H and O–H groups in total. The minimum Gasteiger partial charge on any atom is -0.328 e. The van der Waals surface area contributed by atoms with Crippen LogP contribution in [0, 0.1) is 0 Å². The van der Waals surface area contributed by atoms with Crippen LogP contribution in [0.2, 0.25) is 0 Å². The first-order valence-corrected chi connectivity index (χ1v) is 7.93. The normalized spacial score (nSPS) is 22.3. The van der Waals surface area contributed by atoms with Crippen LogP contribution in [0.4, 0.5) is 5.69 Å². The van der Waals surface area contributed by atoms with E-state index in [0.29, 0.717) is 18.6 Å². The molecule has 0 bridgehead atoms. The minimum atomic E-state index is 0.151. The van der Waals surface area contributed by atoms with Crippen LogP contribution in [-0.4, -0.2) is 43.0 Å². The maximum atomic E-state index is 12.5. The van der Waals surface area contributed by atoms with Gasteiger partial charge in [-0.1, -0.05) is 25.1 Å². The summed E-state index contributed by atoms with van der Waals surface area (Å²) < 4.78 is 0. The predicted octanol–water partition coefficient (Wildman–Crippen LogP) is 2.24. The van der Waals surface area contributed by atoms with Crippen LogP contribution in [0.1, 0.15) is 32.6 Å². The second-order valence-corrected chi connectivity index (χ2v) is 5.92. The monoisotopic (exact) mass is 289 g/mol. The highest BCUT2D eigenvalue weighted by atomic mass is 16.2. The number of hydrogen-bond donors (Lipinski definition) is 1. The first-order chi connectivity index (χ1) is 10.1. The summed E-state index contributed by atoms with van der Waals surface area (Å²) in [6, 6.07) is 10.7. The number of amides is 1. The van der Waals surface area contributed by atoms with Gasteiger partial charge in [0.2, 0.25) is 5.91 Å². The number of nitrogens with two attached hydrogens (primary N) is 1. The van der Waals surface area contributed by atoms with Crippen LogP contribution in [0.15, 0.2) is 30.3 Å². The van der Waals surface area contributed by atoms with Crippen LogP contribution in [-0.2, 0) is 4.79 Å². The third kappa shape index (κ3) is 4.29. The molecular weight excluding hydrogens is 262 g/mol. The number of benzene rings is 1. The number of rotatable bonds is 5. The molecule has 1 amide bonds. The van der Waals surface area contributed by atoms with Gasteiger partial charge in [-0.15, -0.1) is 0 Å². The van der Waals surface area contributed by atoms with Gasteiger partial charge in [-0.05, 0) is 44.4 Å². The summed E-state index contributed by atoms with van der Waals surface area (Å²) in [6.07, 6.45) is 4.36. The molecule has 1 saturated carbocycles. The van der Waals surface area contributed by atoms with E-state index in [0.717, 1.165) is 37.9 Å². The van der Waals surface area contributed by atoms with E-state index in [1.54, 1.807) is 4.90 Å². The zero-order valence-electron chi connectivity index (χ0n) is 13.2. The van der Waals surface area contributed by atoms with E-state index >= 15 is 0 Å². The SMILES string of the molecule is CCN(CC(=O)N(C)c1ccccc1)C1CCC(N)CC1. The summed E-state index contributed by atoms with van der Waals surface area (Å²) in [5.74, 6) is 0.151. The van der Waals surface area contributed by atoms with Crippen LogP contribution in [0.5, 0.6) is 0 Å². The molecule has 0 aliphatic heterocycles. The number of likely N-dealkylation sites (N-methyl/N-ethyl adjacent to an activating group) is 2. The maximum absolute atomic E-state index is 12.5. The van der Waals surface area contributed by atoms with Gasteiger partial charge in [0.25, 0.3) is 0 Å². The molecule has 4 heteroatoms. The van der Waals surface area contributed by atoms with E-state index in [9.17, 15) is 4.79 Å². The Labute approximate surface area is 127 Å². The van der Waals surface area contributed by atoms with Crippen molar-refractivity contribution in [3.05, 3.63) is 30.3 Å². The van der Waals surface area contributed by atoms with E-state index in [2.05, 4.69) is 11.8 Å². The van der Waals surface area contributed by atoms with E-state index in [4.69, 9.17) is 5.73 Å². The summed E-state index contributed by atoms with van der Waals surface area (Å²) in [6.45, 7) is 3.53. The van der Waals surface area contributed by atoms with E-state index < -0.39 is 0 Å². The van der Waals surface area contributed by atoms with E-state index in [-0.39, 0.29) is 5.91 Å². The molecule has 0 radical (unpaired) electrons. The Balaban J connectivity index is 1.93. The van der Waals surface area contributed by atoms with Gasteiger partial charge in [0.15, 0.2) is 0 Å². The number of carbonyl (C=O) groups excluding carboxylic acids is 1. The molecule has 21 heavy (non-hydrogen) atoms. The molecule has 1 aliphatic carbocycles. The van der Waals surface area contributed by atoms with Crippen molar-refractivity contribution in [2.24, 2.45) is 5.73 Å². The number of carbonyl (C=O) groups is 1. The molecule has 0 atom stereocenters. The Morgan fingerprint density at radius 2 is 1.81 bits per heavy atom. The lowest BCUT2D eigenvalue weighted by molar-refractivity contribution is -0.120. The average molecular weight is 289 g/mol.